The van der Waals surface area contributed by atoms with Crippen molar-refractivity contribution in [1.29, 1.82) is 0 Å². The minimum Gasteiger partial charge on any atom is -0.356 e. The average Bonchev–Trinajstić information content (AvgIpc) is 2.73. The van der Waals surface area contributed by atoms with Gasteiger partial charge in [0.05, 0.1) is 0 Å². The van der Waals surface area contributed by atoms with E-state index in [1.807, 2.05) is 48.5 Å². The van der Waals surface area contributed by atoms with Crippen LogP contribution in [-0.2, 0) is 11.2 Å². The zero-order valence-corrected chi connectivity index (χ0v) is 15.7. The van der Waals surface area contributed by atoms with Gasteiger partial charge in [-0.1, -0.05) is 48.5 Å². The van der Waals surface area contributed by atoms with Crippen molar-refractivity contribution in [2.45, 2.75) is 32.1 Å². The Bertz CT molecular complexity index is 723. The number of hydrogen-bond acceptors (Lipinski definition) is 2. The first kappa shape index (κ1) is 19.2. The van der Waals surface area contributed by atoms with Gasteiger partial charge >= 0.3 is 0 Å². The van der Waals surface area contributed by atoms with Crippen LogP contribution in [0.5, 0.6) is 0 Å². The van der Waals surface area contributed by atoms with Crippen LogP contribution in [-0.4, -0.2) is 24.9 Å². The minimum atomic E-state index is -0.0172. The molecule has 0 spiro atoms. The van der Waals surface area contributed by atoms with Crippen molar-refractivity contribution in [2.24, 2.45) is 11.8 Å². The molecule has 2 N–H and O–H groups in total. The monoisotopic (exact) mass is 364 g/mol. The lowest BCUT2D eigenvalue weighted by Gasteiger charge is -2.28. The Labute approximate surface area is 161 Å². The van der Waals surface area contributed by atoms with Crippen LogP contribution in [0.2, 0.25) is 0 Å². The quantitative estimate of drug-likeness (QED) is 0.789. The molecule has 27 heavy (non-hydrogen) atoms. The Morgan fingerprint density at radius 1 is 0.815 bits per heavy atom. The predicted octanol–water partition coefficient (Wildman–Crippen LogP) is 3.58. The largest absolute Gasteiger partial charge is 0.356 e. The maximum atomic E-state index is 12.4. The van der Waals surface area contributed by atoms with E-state index in [9.17, 15) is 9.59 Å². The summed E-state index contributed by atoms with van der Waals surface area (Å²) in [5, 5.41) is 6.10. The fourth-order valence-electron chi connectivity index (χ4n) is 3.68. The van der Waals surface area contributed by atoms with Gasteiger partial charge in [-0.05, 0) is 55.7 Å². The van der Waals surface area contributed by atoms with Crippen LogP contribution in [0.15, 0.2) is 60.7 Å². The van der Waals surface area contributed by atoms with Crippen molar-refractivity contribution in [3.8, 4) is 0 Å². The van der Waals surface area contributed by atoms with Crippen molar-refractivity contribution >= 4 is 11.8 Å². The van der Waals surface area contributed by atoms with Crippen molar-refractivity contribution in [1.82, 2.24) is 10.6 Å². The lowest BCUT2D eigenvalue weighted by Crippen LogP contribution is -2.36. The molecule has 0 aliphatic heterocycles. The van der Waals surface area contributed by atoms with Crippen LogP contribution in [0, 0.1) is 11.8 Å². The summed E-state index contributed by atoms with van der Waals surface area (Å²) < 4.78 is 0. The molecule has 4 heteroatoms. The number of benzene rings is 2. The molecule has 1 aliphatic rings. The number of amides is 2. The summed E-state index contributed by atoms with van der Waals surface area (Å²) in [6.45, 7) is 1.38. The van der Waals surface area contributed by atoms with E-state index in [2.05, 4.69) is 22.8 Å². The van der Waals surface area contributed by atoms with Gasteiger partial charge in [0.2, 0.25) is 5.91 Å². The molecule has 4 nitrogen and oxygen atoms in total. The molecule has 0 unspecified atom stereocenters. The standard InChI is InChI=1S/C23H28N2O2/c26-22(24-16-15-18-7-3-1-4-8-18)21-13-11-19(12-14-21)17-25-23(27)20-9-5-2-6-10-20/h1-10,19,21H,11-17H2,(H,24,26)(H,25,27). The van der Waals surface area contributed by atoms with Gasteiger partial charge in [0.1, 0.15) is 0 Å². The summed E-state index contributed by atoms with van der Waals surface area (Å²) in [5.41, 5.74) is 1.94. The number of carbonyl (C=O) groups excluding carboxylic acids is 2. The number of hydrogen-bond donors (Lipinski definition) is 2. The fraction of sp³-hybridized carbons (Fsp3) is 0.391. The van der Waals surface area contributed by atoms with Gasteiger partial charge in [0, 0.05) is 24.6 Å². The zero-order valence-electron chi connectivity index (χ0n) is 15.7. The second-order valence-corrected chi connectivity index (χ2v) is 7.32. The SMILES string of the molecule is O=C(NCC1CCC(C(=O)NCCc2ccccc2)CC1)c1ccccc1. The van der Waals surface area contributed by atoms with E-state index >= 15 is 0 Å². The van der Waals surface area contributed by atoms with Crippen LogP contribution >= 0.6 is 0 Å². The molecular formula is C23H28N2O2. The highest BCUT2D eigenvalue weighted by Gasteiger charge is 2.26. The van der Waals surface area contributed by atoms with Gasteiger partial charge in [0.25, 0.3) is 5.91 Å². The van der Waals surface area contributed by atoms with E-state index in [0.717, 1.165) is 32.1 Å². The maximum Gasteiger partial charge on any atom is 0.251 e. The highest BCUT2D eigenvalue weighted by Crippen LogP contribution is 2.28. The van der Waals surface area contributed by atoms with Crippen molar-refractivity contribution < 1.29 is 9.59 Å². The molecule has 0 atom stereocenters. The molecule has 2 amide bonds. The van der Waals surface area contributed by atoms with E-state index in [4.69, 9.17) is 0 Å². The highest BCUT2D eigenvalue weighted by molar-refractivity contribution is 5.94. The van der Waals surface area contributed by atoms with Gasteiger partial charge in [0.15, 0.2) is 0 Å². The summed E-state index contributed by atoms with van der Waals surface area (Å²) in [4.78, 5) is 24.5. The summed E-state index contributed by atoms with van der Waals surface area (Å²) in [6, 6.07) is 19.5. The molecule has 3 rings (SSSR count). The van der Waals surface area contributed by atoms with Gasteiger partial charge in [-0.2, -0.15) is 0 Å². The summed E-state index contributed by atoms with van der Waals surface area (Å²) in [6.07, 6.45) is 4.66. The first-order valence-corrected chi connectivity index (χ1v) is 9.87. The second kappa shape index (κ2) is 9.91. The predicted molar refractivity (Wildman–Crippen MR) is 107 cm³/mol. The molecule has 0 saturated heterocycles. The molecular weight excluding hydrogens is 336 g/mol. The normalized spacial score (nSPS) is 19.3. The van der Waals surface area contributed by atoms with Crippen LogP contribution in [0.4, 0.5) is 0 Å². The first-order chi connectivity index (χ1) is 13.2. The van der Waals surface area contributed by atoms with Crippen LogP contribution in [0.1, 0.15) is 41.6 Å². The Hall–Kier alpha value is -2.62. The third kappa shape index (κ3) is 5.95. The topological polar surface area (TPSA) is 58.2 Å². The lowest BCUT2D eigenvalue weighted by molar-refractivity contribution is -0.126. The fourth-order valence-corrected chi connectivity index (χ4v) is 3.68. The average molecular weight is 364 g/mol. The van der Waals surface area contributed by atoms with Gasteiger partial charge in [-0.15, -0.1) is 0 Å². The number of nitrogens with one attached hydrogen (secondary N) is 2. The molecule has 0 radical (unpaired) electrons. The molecule has 0 bridgehead atoms. The van der Waals surface area contributed by atoms with Crippen molar-refractivity contribution in [3.05, 3.63) is 71.8 Å². The third-order valence-electron chi connectivity index (χ3n) is 5.36. The molecule has 1 aliphatic carbocycles. The van der Waals surface area contributed by atoms with E-state index in [1.165, 1.54) is 5.56 Å². The minimum absolute atomic E-state index is 0.0172. The Morgan fingerprint density at radius 3 is 2.11 bits per heavy atom. The molecule has 2 aromatic carbocycles. The Balaban J connectivity index is 1.33. The number of carbonyl (C=O) groups is 2. The third-order valence-corrected chi connectivity index (χ3v) is 5.36. The first-order valence-electron chi connectivity index (χ1n) is 9.87. The highest BCUT2D eigenvalue weighted by atomic mass is 16.2. The van der Waals surface area contributed by atoms with Crippen molar-refractivity contribution in [2.75, 3.05) is 13.1 Å². The molecule has 2 aromatic rings. The number of rotatable bonds is 7. The van der Waals surface area contributed by atoms with Crippen LogP contribution < -0.4 is 10.6 Å². The summed E-state index contributed by atoms with van der Waals surface area (Å²) >= 11 is 0. The van der Waals surface area contributed by atoms with Crippen LogP contribution in [0.25, 0.3) is 0 Å². The van der Waals surface area contributed by atoms with Crippen molar-refractivity contribution in [3.63, 3.8) is 0 Å². The molecule has 1 fully saturated rings. The maximum absolute atomic E-state index is 12.4. The Kier molecular flexibility index (Phi) is 7.03. The van der Waals surface area contributed by atoms with E-state index in [0.29, 0.717) is 24.6 Å². The van der Waals surface area contributed by atoms with E-state index < -0.39 is 0 Å². The van der Waals surface area contributed by atoms with Gasteiger partial charge in [-0.3, -0.25) is 9.59 Å². The van der Waals surface area contributed by atoms with Gasteiger partial charge in [-0.25, -0.2) is 0 Å². The van der Waals surface area contributed by atoms with Crippen LogP contribution in [0.3, 0.4) is 0 Å². The zero-order chi connectivity index (χ0) is 18.9. The Morgan fingerprint density at radius 2 is 1.44 bits per heavy atom. The summed E-state index contributed by atoms with van der Waals surface area (Å²) in [7, 11) is 0. The molecule has 1 saturated carbocycles. The smallest absolute Gasteiger partial charge is 0.251 e. The van der Waals surface area contributed by atoms with E-state index in [-0.39, 0.29) is 17.7 Å². The lowest BCUT2D eigenvalue weighted by atomic mass is 9.81. The molecule has 0 heterocycles. The molecule has 142 valence electrons. The van der Waals surface area contributed by atoms with E-state index in [1.54, 1.807) is 0 Å². The van der Waals surface area contributed by atoms with Gasteiger partial charge < -0.3 is 10.6 Å². The summed E-state index contributed by atoms with van der Waals surface area (Å²) in [5.74, 6) is 0.738. The second-order valence-electron chi connectivity index (χ2n) is 7.32. The molecule has 0 aromatic heterocycles.